The zero-order chi connectivity index (χ0) is 23.2. The molecule has 2 atom stereocenters. The fraction of sp³-hybridized carbons (Fsp3) is 0.280. The number of nitrogen functional groups attached to an aromatic ring is 1. The van der Waals surface area contributed by atoms with Crippen LogP contribution in [0.25, 0.3) is 5.65 Å². The van der Waals surface area contributed by atoms with E-state index in [9.17, 15) is 4.79 Å². The van der Waals surface area contributed by atoms with Crippen molar-refractivity contribution >= 4 is 40.5 Å². The van der Waals surface area contributed by atoms with Crippen molar-refractivity contribution in [2.45, 2.75) is 37.6 Å². The van der Waals surface area contributed by atoms with Gasteiger partial charge in [0.1, 0.15) is 23.6 Å². The molecule has 0 radical (unpaired) electrons. The van der Waals surface area contributed by atoms with Crippen LogP contribution >= 0.6 is 11.6 Å². The number of nitrogens with one attached hydrogen (secondary N) is 2. The molecule has 172 valence electrons. The summed E-state index contributed by atoms with van der Waals surface area (Å²) in [7, 11) is 0. The summed E-state index contributed by atoms with van der Waals surface area (Å²) in [5.41, 5.74) is 10.7. The Morgan fingerprint density at radius 2 is 1.94 bits per heavy atom. The Balaban J connectivity index is 1.08. The van der Waals surface area contributed by atoms with Crippen molar-refractivity contribution in [3.8, 4) is 0 Å². The lowest BCUT2D eigenvalue weighted by Gasteiger charge is -2.07. The summed E-state index contributed by atoms with van der Waals surface area (Å²) >= 11 is 6.10. The molecule has 34 heavy (non-hydrogen) atoms. The van der Waals surface area contributed by atoms with Crippen LogP contribution in [0.1, 0.15) is 47.9 Å². The number of benzene rings is 1. The molecule has 2 aliphatic rings. The van der Waals surface area contributed by atoms with E-state index < -0.39 is 0 Å². The van der Waals surface area contributed by atoms with Crippen LogP contribution in [0.4, 0.5) is 17.3 Å². The summed E-state index contributed by atoms with van der Waals surface area (Å²) in [5, 5.41) is 6.76. The fourth-order valence-corrected chi connectivity index (χ4v) is 4.68. The Morgan fingerprint density at radius 3 is 2.76 bits per heavy atom. The molecule has 2 saturated carbocycles. The third-order valence-corrected chi connectivity index (χ3v) is 6.66. The Bertz CT molecular complexity index is 1380. The van der Waals surface area contributed by atoms with Gasteiger partial charge in [0.2, 0.25) is 5.91 Å². The van der Waals surface area contributed by atoms with Crippen molar-refractivity contribution in [2.75, 3.05) is 16.4 Å². The maximum atomic E-state index is 12.7. The number of anilines is 3. The maximum absolute atomic E-state index is 12.7. The predicted molar refractivity (Wildman–Crippen MR) is 132 cm³/mol. The number of hydrogen-bond acceptors (Lipinski definition) is 6. The van der Waals surface area contributed by atoms with Crippen molar-refractivity contribution in [2.24, 2.45) is 5.92 Å². The number of amides is 1. The lowest BCUT2D eigenvalue weighted by molar-refractivity contribution is -0.117. The molecule has 4 N–H and O–H groups in total. The number of carbonyl (C=O) groups is 1. The van der Waals surface area contributed by atoms with Crippen LogP contribution in [0.15, 0.2) is 55.1 Å². The zero-order valence-corrected chi connectivity index (χ0v) is 19.2. The second-order valence-electron chi connectivity index (χ2n) is 9.13. The van der Waals surface area contributed by atoms with Gasteiger partial charge in [-0.2, -0.15) is 0 Å². The minimum atomic E-state index is -0.122. The molecule has 4 aromatic rings. The minimum Gasteiger partial charge on any atom is -0.399 e. The topological polar surface area (TPSA) is 110 Å². The molecule has 0 aliphatic heterocycles. The van der Waals surface area contributed by atoms with Gasteiger partial charge < -0.3 is 20.8 Å². The molecule has 1 unspecified atom stereocenters. The van der Waals surface area contributed by atoms with Crippen molar-refractivity contribution < 1.29 is 4.79 Å². The number of aromatic nitrogens is 4. The van der Waals surface area contributed by atoms with Crippen LogP contribution < -0.4 is 16.4 Å². The first kappa shape index (κ1) is 20.9. The Kier molecular flexibility index (Phi) is 5.10. The number of carbonyl (C=O) groups excluding carboxylic acids is 1. The zero-order valence-electron chi connectivity index (χ0n) is 18.4. The molecule has 1 amide bonds. The third kappa shape index (κ3) is 4.41. The Labute approximate surface area is 201 Å². The first-order valence-electron chi connectivity index (χ1n) is 11.4. The summed E-state index contributed by atoms with van der Waals surface area (Å²) in [5.74, 6) is 1.72. The SMILES string of the molecule is Nc1cc(Cl)cc(C2C[C@@H]2C(=O)Nc2cc(NCc3cn4cc(C5CC5)ccc4n3)ncn2)c1. The van der Waals surface area contributed by atoms with Crippen molar-refractivity contribution in [1.82, 2.24) is 19.4 Å². The van der Waals surface area contributed by atoms with Gasteiger partial charge in [-0.3, -0.25) is 4.79 Å². The van der Waals surface area contributed by atoms with Gasteiger partial charge in [-0.05, 0) is 66.5 Å². The monoisotopic (exact) mass is 473 g/mol. The molecule has 3 aromatic heterocycles. The average Bonchev–Trinajstić information content (AvgIpc) is 3.73. The van der Waals surface area contributed by atoms with Crippen LogP contribution in [0.2, 0.25) is 5.02 Å². The molecule has 0 spiro atoms. The van der Waals surface area contributed by atoms with Gasteiger partial charge >= 0.3 is 0 Å². The minimum absolute atomic E-state index is 0.0694. The number of nitrogens with zero attached hydrogens (tertiary/aromatic N) is 4. The van der Waals surface area contributed by atoms with Crippen LogP contribution in [0.5, 0.6) is 0 Å². The van der Waals surface area contributed by atoms with E-state index in [1.54, 1.807) is 12.1 Å². The highest BCUT2D eigenvalue weighted by Gasteiger charge is 2.44. The number of hydrogen-bond donors (Lipinski definition) is 3. The highest BCUT2D eigenvalue weighted by molar-refractivity contribution is 6.30. The standard InChI is InChI=1S/C25H24ClN7O/c26-17-5-16(6-18(27)7-17)20-8-21(20)25(34)32-23-9-22(29-13-30-23)28-10-19-12-33-11-15(14-1-2-14)3-4-24(33)31-19/h3-7,9,11-14,20-21H,1-2,8,10,27H2,(H2,28,29,30,32,34)/t20?,21-/m0/s1. The van der Waals surface area contributed by atoms with Gasteiger partial charge in [-0.25, -0.2) is 15.0 Å². The summed E-state index contributed by atoms with van der Waals surface area (Å²) in [4.78, 5) is 25.9. The van der Waals surface area contributed by atoms with Crippen LogP contribution in [0, 0.1) is 5.92 Å². The van der Waals surface area contributed by atoms with Crippen LogP contribution in [0.3, 0.4) is 0 Å². The molecule has 1 aromatic carbocycles. The third-order valence-electron chi connectivity index (χ3n) is 6.44. The lowest BCUT2D eigenvalue weighted by atomic mass is 10.1. The summed E-state index contributed by atoms with van der Waals surface area (Å²) < 4.78 is 2.08. The van der Waals surface area contributed by atoms with E-state index in [1.165, 1.54) is 24.7 Å². The van der Waals surface area contributed by atoms with Gasteiger partial charge in [0.15, 0.2) is 0 Å². The molecule has 9 heteroatoms. The first-order valence-corrected chi connectivity index (χ1v) is 11.8. The summed E-state index contributed by atoms with van der Waals surface area (Å²) in [6.45, 7) is 0.520. The average molecular weight is 474 g/mol. The fourth-order valence-electron chi connectivity index (χ4n) is 4.43. The van der Waals surface area contributed by atoms with Crippen LogP contribution in [-0.4, -0.2) is 25.3 Å². The maximum Gasteiger partial charge on any atom is 0.229 e. The number of imidazole rings is 1. The smallest absolute Gasteiger partial charge is 0.229 e. The molecule has 2 fully saturated rings. The summed E-state index contributed by atoms with van der Waals surface area (Å²) in [6, 6.07) is 11.4. The molecule has 2 aliphatic carbocycles. The van der Waals surface area contributed by atoms with Gasteiger partial charge in [-0.1, -0.05) is 17.7 Å². The van der Waals surface area contributed by atoms with Gasteiger partial charge in [0.25, 0.3) is 0 Å². The normalized spacial score (nSPS) is 19.2. The molecule has 6 rings (SSSR count). The second kappa shape index (κ2) is 8.29. The van der Waals surface area contributed by atoms with Crippen LogP contribution in [-0.2, 0) is 11.3 Å². The van der Waals surface area contributed by atoms with Gasteiger partial charge in [0, 0.05) is 35.1 Å². The molecule has 0 saturated heterocycles. The van der Waals surface area contributed by atoms with E-state index in [2.05, 4.69) is 48.3 Å². The van der Waals surface area contributed by atoms with Gasteiger partial charge in [-0.15, -0.1) is 0 Å². The molecule has 0 bridgehead atoms. The largest absolute Gasteiger partial charge is 0.399 e. The van der Waals surface area contributed by atoms with Crippen molar-refractivity contribution in [1.29, 1.82) is 0 Å². The van der Waals surface area contributed by atoms with E-state index in [4.69, 9.17) is 17.3 Å². The van der Waals surface area contributed by atoms with Crippen molar-refractivity contribution in [3.63, 3.8) is 0 Å². The Hall–Kier alpha value is -3.65. The highest BCUT2D eigenvalue weighted by atomic mass is 35.5. The molecule has 8 nitrogen and oxygen atoms in total. The number of fused-ring (bicyclic) bond motifs is 1. The summed E-state index contributed by atoms with van der Waals surface area (Å²) in [6.07, 6.45) is 8.96. The lowest BCUT2D eigenvalue weighted by Crippen LogP contribution is -2.16. The number of nitrogens with two attached hydrogens (primary N) is 1. The van der Waals surface area contributed by atoms with E-state index in [0.29, 0.717) is 34.8 Å². The number of pyridine rings is 1. The van der Waals surface area contributed by atoms with E-state index in [-0.39, 0.29) is 17.7 Å². The quantitative estimate of drug-likeness (QED) is 0.338. The highest BCUT2D eigenvalue weighted by Crippen LogP contribution is 2.49. The van der Waals surface area contributed by atoms with Gasteiger partial charge in [0.05, 0.1) is 12.2 Å². The molecule has 3 heterocycles. The molecular weight excluding hydrogens is 450 g/mol. The molecular formula is C25H24ClN7O. The first-order chi connectivity index (χ1) is 16.5. The van der Waals surface area contributed by atoms with E-state index in [0.717, 1.165) is 23.3 Å². The predicted octanol–water partition coefficient (Wildman–Crippen LogP) is 4.59. The Morgan fingerprint density at radius 1 is 1.09 bits per heavy atom. The van der Waals surface area contributed by atoms with E-state index >= 15 is 0 Å². The second-order valence-corrected chi connectivity index (χ2v) is 9.57. The number of halogens is 1. The van der Waals surface area contributed by atoms with Crippen molar-refractivity contribution in [3.05, 3.63) is 77.0 Å². The van der Waals surface area contributed by atoms with E-state index in [1.807, 2.05) is 18.3 Å². The number of rotatable bonds is 7.